The van der Waals surface area contributed by atoms with E-state index < -0.39 is 5.91 Å². The average Bonchev–Trinajstić information content (AvgIpc) is 2.96. The Morgan fingerprint density at radius 3 is 2.57 bits per heavy atom. The largest absolute Gasteiger partial charge is 0.350 e. The van der Waals surface area contributed by atoms with Crippen LogP contribution in [-0.4, -0.2) is 28.6 Å². The predicted octanol–water partition coefficient (Wildman–Crippen LogP) is 3.22. The van der Waals surface area contributed by atoms with E-state index in [1.165, 1.54) is 0 Å². The number of aromatic nitrogens is 2. The van der Waals surface area contributed by atoms with Gasteiger partial charge < -0.3 is 10.6 Å². The van der Waals surface area contributed by atoms with Gasteiger partial charge in [0.25, 0.3) is 11.8 Å². The molecule has 0 aliphatic heterocycles. The van der Waals surface area contributed by atoms with Crippen LogP contribution in [0.15, 0.2) is 24.3 Å². The van der Waals surface area contributed by atoms with Crippen molar-refractivity contribution in [1.29, 1.82) is 0 Å². The number of hydrogen-bond acceptors (Lipinski definition) is 5. The number of carbonyl (C=O) groups is 2. The van der Waals surface area contributed by atoms with Gasteiger partial charge in [-0.2, -0.15) is 0 Å². The zero-order valence-corrected chi connectivity index (χ0v) is 14.4. The van der Waals surface area contributed by atoms with Crippen molar-refractivity contribution < 1.29 is 9.59 Å². The molecule has 2 N–H and O–H groups in total. The van der Waals surface area contributed by atoms with Gasteiger partial charge in [-0.3, -0.25) is 9.59 Å². The van der Waals surface area contributed by atoms with Gasteiger partial charge in [0, 0.05) is 17.3 Å². The molecule has 0 saturated heterocycles. The normalized spacial score (nSPS) is 10.6. The van der Waals surface area contributed by atoms with Gasteiger partial charge in [0.15, 0.2) is 0 Å². The summed E-state index contributed by atoms with van der Waals surface area (Å²) in [4.78, 5) is 24.0. The summed E-state index contributed by atoms with van der Waals surface area (Å²) in [5, 5.41) is 13.8. The quantitative estimate of drug-likeness (QED) is 0.836. The van der Waals surface area contributed by atoms with Crippen LogP contribution in [0.3, 0.4) is 0 Å². The first-order chi connectivity index (χ1) is 11.0. The molecule has 0 aliphatic rings. The molecule has 2 amide bonds. The lowest BCUT2D eigenvalue weighted by Gasteiger charge is -2.04. The standard InChI is InChI=1S/C15H17ClN4O2S/c1-9(2)6-7-17-12(21)14-19-20-15(23-14)13(22)18-11-5-3-4-10(16)8-11/h3-5,8-9H,6-7H2,1-2H3,(H,17,21)(H,18,22). The molecule has 122 valence electrons. The summed E-state index contributed by atoms with van der Waals surface area (Å²) in [5.74, 6) is -0.236. The fourth-order valence-corrected chi connectivity index (χ4v) is 2.55. The minimum atomic E-state index is -0.425. The molecule has 1 heterocycles. The molecule has 0 aliphatic carbocycles. The van der Waals surface area contributed by atoms with Crippen LogP contribution in [0.2, 0.25) is 5.02 Å². The Morgan fingerprint density at radius 1 is 1.22 bits per heavy atom. The summed E-state index contributed by atoms with van der Waals surface area (Å²) in [7, 11) is 0. The third-order valence-corrected chi connectivity index (χ3v) is 4.06. The second-order valence-corrected chi connectivity index (χ2v) is 6.73. The van der Waals surface area contributed by atoms with E-state index in [2.05, 4.69) is 34.7 Å². The highest BCUT2D eigenvalue weighted by Gasteiger charge is 2.17. The van der Waals surface area contributed by atoms with E-state index >= 15 is 0 Å². The highest BCUT2D eigenvalue weighted by Crippen LogP contribution is 2.17. The van der Waals surface area contributed by atoms with Gasteiger partial charge in [0.05, 0.1) is 0 Å². The van der Waals surface area contributed by atoms with Crippen LogP contribution in [0.4, 0.5) is 5.69 Å². The van der Waals surface area contributed by atoms with E-state index in [-0.39, 0.29) is 15.9 Å². The smallest absolute Gasteiger partial charge is 0.286 e. The molecule has 2 aromatic rings. The SMILES string of the molecule is CC(C)CCNC(=O)c1nnc(C(=O)Nc2cccc(Cl)c2)s1. The Bertz CT molecular complexity index is 702. The van der Waals surface area contributed by atoms with Crippen molar-refractivity contribution in [2.75, 3.05) is 11.9 Å². The fourth-order valence-electron chi connectivity index (χ4n) is 1.71. The lowest BCUT2D eigenvalue weighted by Crippen LogP contribution is -2.25. The number of nitrogens with zero attached hydrogens (tertiary/aromatic N) is 2. The predicted molar refractivity (Wildman–Crippen MR) is 91.1 cm³/mol. The topological polar surface area (TPSA) is 84.0 Å². The van der Waals surface area contributed by atoms with E-state index in [4.69, 9.17) is 11.6 Å². The van der Waals surface area contributed by atoms with Gasteiger partial charge in [-0.1, -0.05) is 42.9 Å². The van der Waals surface area contributed by atoms with Crippen LogP contribution in [-0.2, 0) is 0 Å². The lowest BCUT2D eigenvalue weighted by molar-refractivity contribution is 0.0949. The number of hydrogen-bond donors (Lipinski definition) is 2. The van der Waals surface area contributed by atoms with Gasteiger partial charge in [0.2, 0.25) is 10.0 Å². The summed E-state index contributed by atoms with van der Waals surface area (Å²) in [6.07, 6.45) is 0.882. The average molecular weight is 353 g/mol. The van der Waals surface area contributed by atoms with Gasteiger partial charge >= 0.3 is 0 Å². The van der Waals surface area contributed by atoms with Gasteiger partial charge in [-0.25, -0.2) is 0 Å². The summed E-state index contributed by atoms with van der Waals surface area (Å²) in [5.41, 5.74) is 0.556. The highest BCUT2D eigenvalue weighted by molar-refractivity contribution is 7.15. The molecular formula is C15H17ClN4O2S. The molecule has 0 spiro atoms. The summed E-state index contributed by atoms with van der Waals surface area (Å²) < 4.78 is 0. The number of amides is 2. The summed E-state index contributed by atoms with van der Waals surface area (Å²) in [6, 6.07) is 6.78. The molecule has 0 saturated carbocycles. The molecular weight excluding hydrogens is 336 g/mol. The number of rotatable bonds is 6. The van der Waals surface area contributed by atoms with E-state index in [1.54, 1.807) is 24.3 Å². The number of halogens is 1. The Hall–Kier alpha value is -1.99. The molecule has 0 radical (unpaired) electrons. The molecule has 1 aromatic heterocycles. The van der Waals surface area contributed by atoms with Crippen molar-refractivity contribution >= 4 is 40.4 Å². The second-order valence-electron chi connectivity index (χ2n) is 5.32. The number of carbonyl (C=O) groups excluding carboxylic acids is 2. The number of nitrogens with one attached hydrogen (secondary N) is 2. The minimum absolute atomic E-state index is 0.124. The molecule has 1 aromatic carbocycles. The van der Waals surface area contributed by atoms with Crippen LogP contribution in [0.1, 0.15) is 39.9 Å². The number of anilines is 1. The molecule has 6 nitrogen and oxygen atoms in total. The van der Waals surface area contributed by atoms with Crippen LogP contribution in [0, 0.1) is 5.92 Å². The Labute approximate surface area is 143 Å². The molecule has 8 heteroatoms. The maximum Gasteiger partial charge on any atom is 0.286 e. The minimum Gasteiger partial charge on any atom is -0.350 e. The van der Waals surface area contributed by atoms with Crippen molar-refractivity contribution in [2.45, 2.75) is 20.3 Å². The van der Waals surface area contributed by atoms with Gasteiger partial charge in [-0.15, -0.1) is 10.2 Å². The Kier molecular flexibility index (Phi) is 6.06. The maximum absolute atomic E-state index is 12.1. The van der Waals surface area contributed by atoms with Crippen molar-refractivity contribution in [2.24, 2.45) is 5.92 Å². The third-order valence-electron chi connectivity index (χ3n) is 2.90. The summed E-state index contributed by atoms with van der Waals surface area (Å²) in [6.45, 7) is 4.73. The van der Waals surface area contributed by atoms with Crippen LogP contribution in [0.5, 0.6) is 0 Å². The van der Waals surface area contributed by atoms with Crippen molar-refractivity contribution in [1.82, 2.24) is 15.5 Å². The van der Waals surface area contributed by atoms with Crippen LogP contribution in [0.25, 0.3) is 0 Å². The second kappa shape index (κ2) is 8.03. The first-order valence-corrected chi connectivity index (χ1v) is 8.34. The van der Waals surface area contributed by atoms with Crippen LogP contribution < -0.4 is 10.6 Å². The third kappa shape index (κ3) is 5.30. The van der Waals surface area contributed by atoms with E-state index in [0.29, 0.717) is 23.2 Å². The molecule has 0 bridgehead atoms. The monoisotopic (exact) mass is 352 g/mol. The number of benzene rings is 1. The van der Waals surface area contributed by atoms with Crippen molar-refractivity contribution in [3.63, 3.8) is 0 Å². The lowest BCUT2D eigenvalue weighted by atomic mass is 10.1. The molecule has 0 unspecified atom stereocenters. The highest BCUT2D eigenvalue weighted by atomic mass is 35.5. The van der Waals surface area contributed by atoms with E-state index in [9.17, 15) is 9.59 Å². The van der Waals surface area contributed by atoms with E-state index in [1.807, 2.05) is 0 Å². The molecule has 0 atom stereocenters. The Balaban J connectivity index is 1.95. The summed E-state index contributed by atoms with van der Waals surface area (Å²) >= 11 is 6.81. The van der Waals surface area contributed by atoms with Gasteiger partial charge in [0.1, 0.15) is 0 Å². The first-order valence-electron chi connectivity index (χ1n) is 7.14. The fraction of sp³-hybridized carbons (Fsp3) is 0.333. The van der Waals surface area contributed by atoms with Crippen molar-refractivity contribution in [3.05, 3.63) is 39.3 Å². The zero-order valence-electron chi connectivity index (χ0n) is 12.8. The van der Waals surface area contributed by atoms with Crippen molar-refractivity contribution in [3.8, 4) is 0 Å². The van der Waals surface area contributed by atoms with Gasteiger partial charge in [-0.05, 0) is 30.5 Å². The Morgan fingerprint density at radius 2 is 1.91 bits per heavy atom. The molecule has 23 heavy (non-hydrogen) atoms. The van der Waals surface area contributed by atoms with E-state index in [0.717, 1.165) is 17.8 Å². The molecule has 0 fully saturated rings. The zero-order chi connectivity index (χ0) is 16.8. The first kappa shape index (κ1) is 17.4. The maximum atomic E-state index is 12.1. The molecule has 2 rings (SSSR count). The van der Waals surface area contributed by atoms with Crippen LogP contribution >= 0.6 is 22.9 Å².